The molecule has 2 aliphatic heterocycles. The zero-order chi connectivity index (χ0) is 34.8. The molecule has 0 radical (unpaired) electrons. The number of primary amides is 1. The van der Waals surface area contributed by atoms with Crippen LogP contribution in [0.1, 0.15) is 37.9 Å². The molecular weight excluding hydrogens is 625 g/mol. The predicted molar refractivity (Wildman–Crippen MR) is 177 cm³/mol. The summed E-state index contributed by atoms with van der Waals surface area (Å²) < 4.78 is 50.0. The first-order chi connectivity index (χ1) is 22.8. The van der Waals surface area contributed by atoms with Gasteiger partial charge in [-0.15, -0.1) is 0 Å². The van der Waals surface area contributed by atoms with Gasteiger partial charge in [0.2, 0.25) is 11.8 Å². The largest absolute Gasteiger partial charge is 0.507 e. The number of phenols is 1. The zero-order valence-corrected chi connectivity index (χ0v) is 26.9. The first-order valence-corrected chi connectivity index (χ1v) is 15.5. The summed E-state index contributed by atoms with van der Waals surface area (Å²) in [5, 5.41) is 10.6. The Morgan fingerprint density at radius 3 is 2.46 bits per heavy atom. The third kappa shape index (κ3) is 5.04. The van der Waals surface area contributed by atoms with Crippen molar-refractivity contribution in [1.82, 2.24) is 14.5 Å². The molecule has 13 heteroatoms. The van der Waals surface area contributed by atoms with E-state index in [0.717, 1.165) is 22.8 Å². The summed E-state index contributed by atoms with van der Waals surface area (Å²) >= 11 is 0. The van der Waals surface area contributed by atoms with E-state index in [1.807, 2.05) is 25.7 Å². The molecule has 0 bridgehead atoms. The molecule has 2 unspecified atom stereocenters. The van der Waals surface area contributed by atoms with Gasteiger partial charge < -0.3 is 25.5 Å². The van der Waals surface area contributed by atoms with Crippen molar-refractivity contribution < 1.29 is 27.9 Å². The number of hydrogen-bond donors (Lipinski definition) is 2. The second-order valence-electron chi connectivity index (χ2n) is 12.6. The fraction of sp³-hybridized carbons (Fsp3) is 0.314. The van der Waals surface area contributed by atoms with Gasteiger partial charge >= 0.3 is 0 Å². The lowest BCUT2D eigenvalue weighted by Crippen LogP contribution is -2.65. The number of aromatic nitrogens is 2. The fourth-order valence-electron chi connectivity index (χ4n) is 7.08. The van der Waals surface area contributed by atoms with Crippen LogP contribution in [0.5, 0.6) is 5.75 Å². The van der Waals surface area contributed by atoms with Crippen LogP contribution in [-0.2, 0) is 9.59 Å². The van der Waals surface area contributed by atoms with E-state index < -0.39 is 64.4 Å². The van der Waals surface area contributed by atoms with Crippen LogP contribution in [0.3, 0.4) is 0 Å². The average molecular weight is 661 g/mol. The summed E-state index contributed by atoms with van der Waals surface area (Å²) in [4.78, 5) is 49.6. The van der Waals surface area contributed by atoms with Gasteiger partial charge in [0.25, 0.3) is 5.56 Å². The second kappa shape index (κ2) is 12.0. The number of rotatable bonds is 6. The topological polar surface area (TPSA) is 125 Å². The molecular formula is C35H35F3N6O4. The van der Waals surface area contributed by atoms with Crippen molar-refractivity contribution in [2.45, 2.75) is 45.7 Å². The van der Waals surface area contributed by atoms with E-state index in [1.54, 1.807) is 24.1 Å². The molecule has 2 aliphatic rings. The Bertz CT molecular complexity index is 2060. The number of pyridine rings is 2. The highest BCUT2D eigenvalue weighted by molar-refractivity contribution is 6.04. The van der Waals surface area contributed by atoms with Crippen LogP contribution in [-0.4, -0.2) is 69.6 Å². The number of carbonyl (C=O) groups excluding carboxylic acids is 2. The SMILES string of the molecule is C=CC(=O)N1CC2CN(CC(N)=O)c3c(c4cc(F)c(-c5c(O)cccc5F)c(F)c4n(-c4c(C)ccnc4C(C)C)c3=O)N2CC1C. The molecule has 2 aromatic carbocycles. The van der Waals surface area contributed by atoms with Crippen molar-refractivity contribution >= 4 is 34.1 Å². The Hall–Kier alpha value is -5.33. The number of piperazine rings is 1. The number of carbonyl (C=O) groups is 2. The molecule has 0 aliphatic carbocycles. The van der Waals surface area contributed by atoms with Crippen LogP contribution >= 0.6 is 0 Å². The van der Waals surface area contributed by atoms with Crippen LogP contribution < -0.4 is 21.1 Å². The first kappa shape index (κ1) is 32.6. The number of nitrogens with two attached hydrogens (primary N) is 1. The molecule has 1 fully saturated rings. The molecule has 1 saturated heterocycles. The molecule has 6 rings (SSSR count). The number of nitrogens with zero attached hydrogens (tertiary/aromatic N) is 5. The van der Waals surface area contributed by atoms with Crippen LogP contribution in [0.25, 0.3) is 27.7 Å². The maximum absolute atomic E-state index is 17.3. The minimum atomic E-state index is -1.28. The molecule has 4 aromatic rings. The van der Waals surface area contributed by atoms with Crippen molar-refractivity contribution in [2.75, 3.05) is 36.0 Å². The van der Waals surface area contributed by atoms with E-state index >= 15 is 13.2 Å². The van der Waals surface area contributed by atoms with Gasteiger partial charge in [-0.05, 0) is 55.7 Å². The van der Waals surface area contributed by atoms with E-state index in [2.05, 4.69) is 11.6 Å². The van der Waals surface area contributed by atoms with Gasteiger partial charge in [0.05, 0.1) is 46.3 Å². The third-order valence-electron chi connectivity index (χ3n) is 9.15. The van der Waals surface area contributed by atoms with Crippen LogP contribution in [0, 0.1) is 24.4 Å². The zero-order valence-electron chi connectivity index (χ0n) is 26.9. The predicted octanol–water partition coefficient (Wildman–Crippen LogP) is 4.50. The van der Waals surface area contributed by atoms with E-state index in [1.165, 1.54) is 17.0 Å². The van der Waals surface area contributed by atoms with Crippen molar-refractivity contribution in [3.05, 3.63) is 88.2 Å². The summed E-state index contributed by atoms with van der Waals surface area (Å²) in [5.74, 6) is -5.52. The number of anilines is 2. The lowest BCUT2D eigenvalue weighted by molar-refractivity contribution is -0.129. The molecule has 48 heavy (non-hydrogen) atoms. The normalized spacial score (nSPS) is 17.5. The highest BCUT2D eigenvalue weighted by atomic mass is 19.1. The number of aryl methyl sites for hydroxylation is 1. The minimum Gasteiger partial charge on any atom is -0.507 e. The third-order valence-corrected chi connectivity index (χ3v) is 9.15. The Morgan fingerprint density at radius 2 is 1.81 bits per heavy atom. The molecule has 0 saturated carbocycles. The van der Waals surface area contributed by atoms with Crippen molar-refractivity contribution in [3.63, 3.8) is 0 Å². The van der Waals surface area contributed by atoms with Gasteiger partial charge in [-0.25, -0.2) is 13.2 Å². The Morgan fingerprint density at radius 1 is 1.08 bits per heavy atom. The van der Waals surface area contributed by atoms with Gasteiger partial charge in [0.1, 0.15) is 23.1 Å². The van der Waals surface area contributed by atoms with E-state index in [9.17, 15) is 19.5 Å². The summed E-state index contributed by atoms with van der Waals surface area (Å²) in [6.07, 6.45) is 2.76. The summed E-state index contributed by atoms with van der Waals surface area (Å²) in [7, 11) is 0. The average Bonchev–Trinajstić information content (AvgIpc) is 3.02. The van der Waals surface area contributed by atoms with Gasteiger partial charge in [-0.3, -0.25) is 23.9 Å². The molecule has 2 aromatic heterocycles. The standard InChI is InChI=1S/C35H35F3N6O4/c1-6-26(47)42-15-20-14-41(16-25(39)46)34-33(43(20)13-19(42)5)21-12-23(37)28(27-22(36)8-7-9-24(27)45)29(38)32(21)44(35(34)48)31-18(4)10-11-40-30(31)17(2)3/h6-12,17,19-20,45H,1,13-16H2,2-5H3,(H2,39,46). The van der Waals surface area contributed by atoms with Gasteiger partial charge in [-0.2, -0.15) is 0 Å². The monoisotopic (exact) mass is 660 g/mol. The van der Waals surface area contributed by atoms with Gasteiger partial charge in [0, 0.05) is 37.3 Å². The number of hydrogen-bond acceptors (Lipinski definition) is 7. The van der Waals surface area contributed by atoms with E-state index in [-0.39, 0.29) is 59.4 Å². The quantitative estimate of drug-likeness (QED) is 0.292. The number of halogens is 3. The van der Waals surface area contributed by atoms with Crippen LogP contribution in [0.2, 0.25) is 0 Å². The number of phenolic OH excluding ortho intramolecular Hbond substituents is 1. The van der Waals surface area contributed by atoms with Gasteiger partial charge in [0.15, 0.2) is 5.82 Å². The summed E-state index contributed by atoms with van der Waals surface area (Å²) in [5.41, 5.74) is 4.39. The molecule has 10 nitrogen and oxygen atoms in total. The number of amides is 2. The highest BCUT2D eigenvalue weighted by Gasteiger charge is 2.43. The second-order valence-corrected chi connectivity index (χ2v) is 12.6. The van der Waals surface area contributed by atoms with Gasteiger partial charge in [-0.1, -0.05) is 26.5 Å². The highest BCUT2D eigenvalue weighted by Crippen LogP contribution is 2.46. The van der Waals surface area contributed by atoms with E-state index in [0.29, 0.717) is 11.3 Å². The Labute approximate surface area is 274 Å². The maximum atomic E-state index is 17.3. The fourth-order valence-corrected chi connectivity index (χ4v) is 7.08. The van der Waals surface area contributed by atoms with Crippen LogP contribution in [0.4, 0.5) is 24.5 Å². The van der Waals surface area contributed by atoms with E-state index in [4.69, 9.17) is 5.73 Å². The molecule has 2 amide bonds. The molecule has 3 N–H and O–H groups in total. The van der Waals surface area contributed by atoms with Crippen LogP contribution in [0.15, 0.2) is 54.0 Å². The Balaban J connectivity index is 1.80. The van der Waals surface area contributed by atoms with Crippen molar-refractivity contribution in [1.29, 1.82) is 0 Å². The summed E-state index contributed by atoms with van der Waals surface area (Å²) in [6, 6.07) is 5.06. The summed E-state index contributed by atoms with van der Waals surface area (Å²) in [6.45, 7) is 10.9. The number of aromatic hydroxyl groups is 1. The van der Waals surface area contributed by atoms with Crippen molar-refractivity contribution in [2.24, 2.45) is 5.73 Å². The number of benzene rings is 2. The maximum Gasteiger partial charge on any atom is 0.281 e. The molecule has 2 atom stereocenters. The smallest absolute Gasteiger partial charge is 0.281 e. The first-order valence-electron chi connectivity index (χ1n) is 15.5. The minimum absolute atomic E-state index is 0.00787. The molecule has 4 heterocycles. The lowest BCUT2D eigenvalue weighted by Gasteiger charge is -2.51. The molecule has 0 spiro atoms. The number of fused-ring (bicyclic) bond motifs is 5. The lowest BCUT2D eigenvalue weighted by atomic mass is 9.95. The molecule has 250 valence electrons. The van der Waals surface area contributed by atoms with Crippen molar-refractivity contribution in [3.8, 4) is 22.6 Å². The Kier molecular flexibility index (Phi) is 8.18.